The third-order valence-electron chi connectivity index (χ3n) is 4.20. The summed E-state index contributed by atoms with van der Waals surface area (Å²) in [6.45, 7) is 3.28. The quantitative estimate of drug-likeness (QED) is 0.543. The number of benzene rings is 2. The van der Waals surface area contributed by atoms with Crippen molar-refractivity contribution in [2.45, 2.75) is 19.3 Å². The fraction of sp³-hybridized carbons (Fsp3) is 0.263. The highest BCUT2D eigenvalue weighted by Crippen LogP contribution is 2.28. The number of rotatable bonds is 8. The molecular weight excluding hydrogens is 352 g/mol. The summed E-state index contributed by atoms with van der Waals surface area (Å²) >= 11 is 0. The van der Waals surface area contributed by atoms with Gasteiger partial charge in [-0.25, -0.2) is 0 Å². The number of nitrogens with one attached hydrogen (secondary N) is 1. The van der Waals surface area contributed by atoms with Crippen LogP contribution in [0.25, 0.3) is 0 Å². The third-order valence-corrected chi connectivity index (χ3v) is 4.20. The molecule has 0 aromatic heterocycles. The number of ether oxygens (including phenoxy) is 1. The molecule has 0 aliphatic carbocycles. The van der Waals surface area contributed by atoms with Crippen LogP contribution in [0.4, 0.5) is 5.69 Å². The first kappa shape index (κ1) is 19.9. The van der Waals surface area contributed by atoms with Crippen molar-refractivity contribution in [3.05, 3.63) is 69.8 Å². The van der Waals surface area contributed by atoms with Crippen LogP contribution >= 0.6 is 0 Å². The predicted molar refractivity (Wildman–Crippen MR) is 98.0 cm³/mol. The van der Waals surface area contributed by atoms with Crippen molar-refractivity contribution in [1.29, 1.82) is 0 Å². The van der Waals surface area contributed by atoms with Gasteiger partial charge in [-0.15, -0.1) is 0 Å². The van der Waals surface area contributed by atoms with Gasteiger partial charge in [0.2, 0.25) is 0 Å². The van der Waals surface area contributed by atoms with Crippen LogP contribution in [0.1, 0.15) is 29.8 Å². The van der Waals surface area contributed by atoms with Gasteiger partial charge in [-0.05, 0) is 31.5 Å². The van der Waals surface area contributed by atoms with Crippen molar-refractivity contribution in [1.82, 2.24) is 5.32 Å². The Hall–Kier alpha value is -3.42. The van der Waals surface area contributed by atoms with E-state index in [4.69, 9.17) is 4.74 Å². The van der Waals surface area contributed by atoms with Crippen LogP contribution in [0, 0.1) is 10.1 Å². The lowest BCUT2D eigenvalue weighted by Crippen LogP contribution is -2.44. The minimum atomic E-state index is -1.34. The highest BCUT2D eigenvalue weighted by atomic mass is 16.6. The second kappa shape index (κ2) is 8.31. The first-order chi connectivity index (χ1) is 12.8. The maximum atomic E-state index is 12.4. The molecule has 0 aliphatic heterocycles. The normalized spacial score (nSPS) is 12.7. The Morgan fingerprint density at radius 3 is 2.44 bits per heavy atom. The molecule has 0 heterocycles. The van der Waals surface area contributed by atoms with Crippen LogP contribution in [0.3, 0.4) is 0 Å². The molecule has 1 unspecified atom stereocenters. The summed E-state index contributed by atoms with van der Waals surface area (Å²) in [5, 5.41) is 23.4. The van der Waals surface area contributed by atoms with E-state index in [-0.39, 0.29) is 30.2 Å². The number of nitro benzene ring substituents is 1. The summed E-state index contributed by atoms with van der Waals surface area (Å²) in [5.41, 5.74) is -1.08. The second-order valence-corrected chi connectivity index (χ2v) is 6.06. The Labute approximate surface area is 155 Å². The standard InChI is InChI=1S/C19H20N2O6/c1-3-27-16-10-9-13(11-15(16)21(25)26)17(22)20-12-19(2,18(23)24)14-7-5-4-6-8-14/h4-11H,3,12H2,1-2H3,(H,20,22)(H,23,24). The average molecular weight is 372 g/mol. The number of hydrogen-bond donors (Lipinski definition) is 2. The SMILES string of the molecule is CCOc1ccc(C(=O)NCC(C)(C(=O)O)c2ccccc2)cc1[N+](=O)[O-]. The highest BCUT2D eigenvalue weighted by molar-refractivity contribution is 5.95. The second-order valence-electron chi connectivity index (χ2n) is 6.06. The van der Waals surface area contributed by atoms with E-state index < -0.39 is 22.2 Å². The number of carbonyl (C=O) groups excluding carboxylic acids is 1. The number of carbonyl (C=O) groups is 2. The molecule has 142 valence electrons. The lowest BCUT2D eigenvalue weighted by molar-refractivity contribution is -0.385. The molecule has 27 heavy (non-hydrogen) atoms. The minimum absolute atomic E-state index is 0.0472. The van der Waals surface area contributed by atoms with E-state index in [9.17, 15) is 24.8 Å². The average Bonchev–Trinajstić information content (AvgIpc) is 2.66. The topological polar surface area (TPSA) is 119 Å². The molecule has 2 rings (SSSR count). The van der Waals surface area contributed by atoms with Gasteiger partial charge in [-0.1, -0.05) is 30.3 Å². The van der Waals surface area contributed by atoms with E-state index in [0.29, 0.717) is 5.56 Å². The summed E-state index contributed by atoms with van der Waals surface area (Å²) in [7, 11) is 0. The summed E-state index contributed by atoms with van der Waals surface area (Å²) in [6, 6.07) is 12.4. The summed E-state index contributed by atoms with van der Waals surface area (Å²) in [6.07, 6.45) is 0. The van der Waals surface area contributed by atoms with E-state index in [1.54, 1.807) is 37.3 Å². The lowest BCUT2D eigenvalue weighted by atomic mass is 9.82. The van der Waals surface area contributed by atoms with Crippen molar-refractivity contribution in [3.8, 4) is 5.75 Å². The predicted octanol–water partition coefficient (Wildman–Crippen LogP) is 2.77. The van der Waals surface area contributed by atoms with E-state index >= 15 is 0 Å². The molecular formula is C19H20N2O6. The molecule has 2 aromatic carbocycles. The Balaban J connectivity index is 2.22. The largest absolute Gasteiger partial charge is 0.487 e. The van der Waals surface area contributed by atoms with Gasteiger partial charge in [0.15, 0.2) is 5.75 Å². The molecule has 1 atom stereocenters. The lowest BCUT2D eigenvalue weighted by Gasteiger charge is -2.25. The number of hydrogen-bond acceptors (Lipinski definition) is 5. The van der Waals surface area contributed by atoms with E-state index in [0.717, 1.165) is 6.07 Å². The van der Waals surface area contributed by atoms with E-state index in [1.165, 1.54) is 19.1 Å². The van der Waals surface area contributed by atoms with Gasteiger partial charge in [-0.3, -0.25) is 19.7 Å². The maximum Gasteiger partial charge on any atom is 0.315 e. The fourth-order valence-electron chi connectivity index (χ4n) is 2.55. The molecule has 2 aromatic rings. The first-order valence-corrected chi connectivity index (χ1v) is 8.28. The molecule has 8 heteroatoms. The number of nitrogens with zero attached hydrogens (tertiary/aromatic N) is 1. The van der Waals surface area contributed by atoms with Crippen LogP contribution in [0.2, 0.25) is 0 Å². The number of aliphatic carboxylic acids is 1. The molecule has 0 saturated heterocycles. The number of nitro groups is 1. The molecule has 0 spiro atoms. The number of amides is 1. The van der Waals surface area contributed by atoms with Crippen molar-refractivity contribution in [3.63, 3.8) is 0 Å². The van der Waals surface area contributed by atoms with Crippen LogP contribution in [0.5, 0.6) is 5.75 Å². The van der Waals surface area contributed by atoms with Crippen molar-refractivity contribution in [2.24, 2.45) is 0 Å². The van der Waals surface area contributed by atoms with Gasteiger partial charge in [0.1, 0.15) is 5.41 Å². The number of carboxylic acid groups (broad SMARTS) is 1. The molecule has 0 saturated carbocycles. The van der Waals surface area contributed by atoms with Crippen molar-refractivity contribution >= 4 is 17.6 Å². The van der Waals surface area contributed by atoms with E-state index in [2.05, 4.69) is 5.32 Å². The van der Waals surface area contributed by atoms with E-state index in [1.807, 2.05) is 0 Å². The van der Waals surface area contributed by atoms with Crippen molar-refractivity contribution < 1.29 is 24.4 Å². The third kappa shape index (κ3) is 4.41. The van der Waals surface area contributed by atoms with Gasteiger partial charge >= 0.3 is 11.7 Å². The van der Waals surface area contributed by atoms with Crippen LogP contribution in [-0.4, -0.2) is 35.1 Å². The van der Waals surface area contributed by atoms with Crippen molar-refractivity contribution in [2.75, 3.05) is 13.2 Å². The smallest absolute Gasteiger partial charge is 0.315 e. The summed E-state index contributed by atoms with van der Waals surface area (Å²) < 4.78 is 5.19. The highest BCUT2D eigenvalue weighted by Gasteiger charge is 2.35. The Morgan fingerprint density at radius 2 is 1.89 bits per heavy atom. The van der Waals surface area contributed by atoms with Gasteiger partial charge in [-0.2, -0.15) is 0 Å². The number of carboxylic acids is 1. The van der Waals surface area contributed by atoms with Gasteiger partial charge in [0, 0.05) is 18.2 Å². The zero-order valence-corrected chi connectivity index (χ0v) is 15.0. The van der Waals surface area contributed by atoms with Gasteiger partial charge < -0.3 is 15.2 Å². The zero-order valence-electron chi connectivity index (χ0n) is 15.0. The van der Waals surface area contributed by atoms with Gasteiger partial charge in [0.05, 0.1) is 11.5 Å². The summed E-state index contributed by atoms with van der Waals surface area (Å²) in [4.78, 5) is 34.7. The molecule has 2 N–H and O–H groups in total. The van der Waals surface area contributed by atoms with Crippen LogP contribution < -0.4 is 10.1 Å². The fourth-order valence-corrected chi connectivity index (χ4v) is 2.55. The monoisotopic (exact) mass is 372 g/mol. The Morgan fingerprint density at radius 1 is 1.22 bits per heavy atom. The Kier molecular flexibility index (Phi) is 6.12. The first-order valence-electron chi connectivity index (χ1n) is 8.28. The molecule has 8 nitrogen and oxygen atoms in total. The Bertz CT molecular complexity index is 853. The van der Waals surface area contributed by atoms with Crippen LogP contribution in [0.15, 0.2) is 48.5 Å². The molecule has 1 amide bonds. The maximum absolute atomic E-state index is 12.4. The zero-order chi connectivity index (χ0) is 20.0. The molecule has 0 fully saturated rings. The van der Waals surface area contributed by atoms with Crippen LogP contribution in [-0.2, 0) is 10.2 Å². The molecule has 0 bridgehead atoms. The molecule has 0 radical (unpaired) electrons. The molecule has 0 aliphatic rings. The summed E-state index contributed by atoms with van der Waals surface area (Å²) in [5.74, 6) is -1.63. The van der Waals surface area contributed by atoms with Gasteiger partial charge in [0.25, 0.3) is 5.91 Å². The minimum Gasteiger partial charge on any atom is -0.487 e.